The van der Waals surface area contributed by atoms with Crippen molar-refractivity contribution in [1.29, 1.82) is 0 Å². The molecule has 15 heavy (non-hydrogen) atoms. The Hall–Kier alpha value is -0.350. The molecule has 3 nitrogen and oxygen atoms in total. The smallest absolute Gasteiger partial charge is 0.169 e. The van der Waals surface area contributed by atoms with Crippen molar-refractivity contribution in [1.82, 2.24) is 0 Å². The molecule has 1 aliphatic heterocycles. The number of Topliss-reactive ketones (excluding diaryl/α,β-unsaturated/α-hetero) is 1. The summed E-state index contributed by atoms with van der Waals surface area (Å²) in [5.41, 5.74) is -1.83. The predicted octanol–water partition coefficient (Wildman–Crippen LogP) is 0.843. The van der Waals surface area contributed by atoms with Gasteiger partial charge in [-0.05, 0) is 28.2 Å². The summed E-state index contributed by atoms with van der Waals surface area (Å²) >= 11 is 0. The van der Waals surface area contributed by atoms with Gasteiger partial charge in [-0.15, -0.1) is 0 Å². The first-order valence-corrected chi connectivity index (χ1v) is 7.23. The molecule has 0 unspecified atom stereocenters. The summed E-state index contributed by atoms with van der Waals surface area (Å²) in [6.45, 7) is 5.39. The molecule has 0 atom stereocenters. The maximum absolute atomic E-state index is 12.0. The van der Waals surface area contributed by atoms with Crippen LogP contribution in [0.15, 0.2) is 0 Å². The Morgan fingerprint density at radius 2 is 1.73 bits per heavy atom. The fourth-order valence-corrected chi connectivity index (χ4v) is 3.49. The summed E-state index contributed by atoms with van der Waals surface area (Å²) in [5.74, 6) is 4.18. The van der Waals surface area contributed by atoms with Crippen molar-refractivity contribution in [2.45, 2.75) is 39.2 Å². The van der Waals surface area contributed by atoms with Gasteiger partial charge in [0.05, 0.1) is 0 Å². The standard InChI is InChI=1S/C11H20O3S/c1-10(2,3)9(12)11(13)5-7-15(4,14)8-6-11/h13H,4-8H2,1-3H3. The molecular formula is C11H20O3S. The Labute approximate surface area is 91.9 Å². The van der Waals surface area contributed by atoms with Crippen molar-refractivity contribution < 1.29 is 14.1 Å². The molecule has 0 saturated carbocycles. The van der Waals surface area contributed by atoms with E-state index < -0.39 is 20.5 Å². The molecule has 0 aromatic carbocycles. The van der Waals surface area contributed by atoms with Gasteiger partial charge in [0.25, 0.3) is 0 Å². The average molecular weight is 232 g/mol. The molecule has 1 N–H and O–H groups in total. The highest BCUT2D eigenvalue weighted by Crippen LogP contribution is 2.31. The van der Waals surface area contributed by atoms with Crippen molar-refractivity contribution in [2.75, 3.05) is 11.5 Å². The monoisotopic (exact) mass is 232 g/mol. The van der Waals surface area contributed by atoms with Gasteiger partial charge in [0.15, 0.2) is 5.78 Å². The van der Waals surface area contributed by atoms with Gasteiger partial charge in [-0.25, -0.2) is 0 Å². The van der Waals surface area contributed by atoms with Gasteiger partial charge in [0, 0.05) is 16.9 Å². The number of carbonyl (C=O) groups excluding carboxylic acids is 1. The number of hydrogen-bond acceptors (Lipinski definition) is 3. The molecule has 0 aromatic heterocycles. The first kappa shape index (κ1) is 12.7. The summed E-state index contributed by atoms with van der Waals surface area (Å²) in [7, 11) is -2.05. The van der Waals surface area contributed by atoms with Crippen LogP contribution < -0.4 is 0 Å². The highest BCUT2D eigenvalue weighted by atomic mass is 32.2. The summed E-state index contributed by atoms with van der Waals surface area (Å²) in [6, 6.07) is 0. The molecule has 0 aromatic rings. The summed E-state index contributed by atoms with van der Waals surface area (Å²) < 4.78 is 11.6. The SMILES string of the molecule is C=S1(=O)CCC(O)(C(=O)C(C)(C)C)CC1. The van der Waals surface area contributed by atoms with Crippen LogP contribution in [0.1, 0.15) is 33.6 Å². The van der Waals surface area contributed by atoms with Crippen LogP contribution in [0.25, 0.3) is 0 Å². The van der Waals surface area contributed by atoms with E-state index in [4.69, 9.17) is 0 Å². The number of ketones is 1. The predicted molar refractivity (Wildman–Crippen MR) is 63.6 cm³/mol. The quantitative estimate of drug-likeness (QED) is 0.682. The molecule has 1 aliphatic rings. The zero-order valence-electron chi connectivity index (χ0n) is 9.71. The van der Waals surface area contributed by atoms with Gasteiger partial charge in [0.1, 0.15) is 5.60 Å². The Balaban J connectivity index is 2.84. The Morgan fingerprint density at radius 1 is 1.33 bits per heavy atom. The molecule has 88 valence electrons. The molecular weight excluding hydrogens is 212 g/mol. The van der Waals surface area contributed by atoms with Crippen molar-refractivity contribution in [2.24, 2.45) is 5.41 Å². The zero-order valence-corrected chi connectivity index (χ0v) is 10.5. The molecule has 0 bridgehead atoms. The minimum Gasteiger partial charge on any atom is -0.382 e. The number of hydrogen-bond donors (Lipinski definition) is 1. The Morgan fingerprint density at radius 3 is 2.07 bits per heavy atom. The van der Waals surface area contributed by atoms with E-state index in [1.807, 2.05) is 0 Å². The number of rotatable bonds is 1. The first-order valence-electron chi connectivity index (χ1n) is 5.17. The minimum atomic E-state index is -2.05. The third kappa shape index (κ3) is 2.82. The summed E-state index contributed by atoms with van der Waals surface area (Å²) in [4.78, 5) is 12.0. The van der Waals surface area contributed by atoms with Crippen molar-refractivity contribution in [3.8, 4) is 0 Å². The van der Waals surface area contributed by atoms with E-state index >= 15 is 0 Å². The molecule has 1 heterocycles. The summed E-state index contributed by atoms with van der Waals surface area (Å²) in [5, 5.41) is 10.2. The fraction of sp³-hybridized carbons (Fsp3) is 0.818. The van der Waals surface area contributed by atoms with Crippen LogP contribution in [0.5, 0.6) is 0 Å². The molecule has 0 spiro atoms. The fourth-order valence-electron chi connectivity index (χ4n) is 1.86. The highest BCUT2D eigenvalue weighted by molar-refractivity contribution is 8.00. The van der Waals surface area contributed by atoms with Crippen LogP contribution in [-0.4, -0.2) is 38.1 Å². The topological polar surface area (TPSA) is 54.4 Å². The zero-order chi connectivity index (χ0) is 11.9. The van der Waals surface area contributed by atoms with Crippen LogP contribution in [0.3, 0.4) is 0 Å². The van der Waals surface area contributed by atoms with Crippen molar-refractivity contribution >= 4 is 21.2 Å². The van der Waals surface area contributed by atoms with Crippen LogP contribution in [0.4, 0.5) is 0 Å². The normalized spacial score (nSPS) is 37.6. The van der Waals surface area contributed by atoms with Gasteiger partial charge in [0.2, 0.25) is 0 Å². The van der Waals surface area contributed by atoms with Crippen LogP contribution in [0, 0.1) is 5.41 Å². The highest BCUT2D eigenvalue weighted by Gasteiger charge is 2.44. The van der Waals surface area contributed by atoms with E-state index in [9.17, 15) is 14.1 Å². The maximum Gasteiger partial charge on any atom is 0.169 e. The molecule has 0 radical (unpaired) electrons. The van der Waals surface area contributed by atoms with Crippen LogP contribution >= 0.6 is 0 Å². The first-order chi connectivity index (χ1) is 6.57. The van der Waals surface area contributed by atoms with Crippen LogP contribution in [0.2, 0.25) is 0 Å². The van der Waals surface area contributed by atoms with Gasteiger partial charge in [-0.2, -0.15) is 0 Å². The molecule has 0 aliphatic carbocycles. The number of carbonyl (C=O) groups is 1. The lowest BCUT2D eigenvalue weighted by atomic mass is 9.77. The van der Waals surface area contributed by atoms with Gasteiger partial charge in [-0.3, -0.25) is 9.00 Å². The molecule has 1 saturated heterocycles. The van der Waals surface area contributed by atoms with Crippen molar-refractivity contribution in [3.63, 3.8) is 0 Å². The van der Waals surface area contributed by atoms with E-state index in [-0.39, 0.29) is 18.6 Å². The van der Waals surface area contributed by atoms with Crippen LogP contribution in [-0.2, 0) is 14.3 Å². The molecule has 1 rings (SSSR count). The molecule has 4 heteroatoms. The van der Waals surface area contributed by atoms with E-state index in [0.717, 1.165) is 0 Å². The van der Waals surface area contributed by atoms with Crippen molar-refractivity contribution in [3.05, 3.63) is 0 Å². The lowest BCUT2D eigenvalue weighted by molar-refractivity contribution is -0.146. The largest absolute Gasteiger partial charge is 0.382 e. The Kier molecular flexibility index (Phi) is 3.05. The Bertz CT molecular complexity index is 346. The second-order valence-corrected chi connectivity index (χ2v) is 8.23. The van der Waals surface area contributed by atoms with E-state index in [0.29, 0.717) is 11.5 Å². The minimum absolute atomic E-state index is 0.148. The third-order valence-electron chi connectivity index (χ3n) is 2.88. The molecule has 1 fully saturated rings. The maximum atomic E-state index is 12.0. The second-order valence-electron chi connectivity index (χ2n) is 5.48. The van der Waals surface area contributed by atoms with Gasteiger partial charge >= 0.3 is 0 Å². The molecule has 0 amide bonds. The average Bonchev–Trinajstić information content (AvgIpc) is 2.08. The van der Waals surface area contributed by atoms with E-state index in [1.54, 1.807) is 20.8 Å². The van der Waals surface area contributed by atoms with Gasteiger partial charge in [-0.1, -0.05) is 20.8 Å². The third-order valence-corrected chi connectivity index (χ3v) is 4.78. The lowest BCUT2D eigenvalue weighted by Gasteiger charge is -2.36. The number of aliphatic hydroxyl groups is 1. The van der Waals surface area contributed by atoms with E-state index in [1.165, 1.54) is 0 Å². The summed E-state index contributed by atoms with van der Waals surface area (Å²) in [6.07, 6.45) is 0.566. The van der Waals surface area contributed by atoms with Gasteiger partial charge < -0.3 is 5.11 Å². The van der Waals surface area contributed by atoms with E-state index in [2.05, 4.69) is 5.87 Å². The lowest BCUT2D eigenvalue weighted by Crippen LogP contribution is -2.50. The second kappa shape index (κ2) is 3.59.